The number of carbonyl (C=O) groups is 2. The van der Waals surface area contributed by atoms with Crippen molar-refractivity contribution in [1.82, 2.24) is 0 Å². The Morgan fingerprint density at radius 2 is 0.905 bits per heavy atom. The third-order valence-electron chi connectivity index (χ3n) is 7.70. The summed E-state index contributed by atoms with van der Waals surface area (Å²) in [5.41, 5.74) is 2.49. The van der Waals surface area contributed by atoms with Crippen LogP contribution >= 0.6 is 0 Å². The fourth-order valence-corrected chi connectivity index (χ4v) is 4.66. The van der Waals surface area contributed by atoms with Crippen molar-refractivity contribution >= 4 is 11.9 Å². The van der Waals surface area contributed by atoms with E-state index >= 15 is 0 Å². The molecule has 2 unspecified atom stereocenters. The van der Waals surface area contributed by atoms with Crippen LogP contribution in [0.25, 0.3) is 0 Å². The van der Waals surface area contributed by atoms with Crippen molar-refractivity contribution in [3.05, 3.63) is 107 Å². The van der Waals surface area contributed by atoms with Crippen molar-refractivity contribution < 1.29 is 29.3 Å². The minimum Gasteiger partial charge on any atom is -0.460 e. The Kier molecular flexibility index (Phi) is 12.3. The Morgan fingerprint density at radius 1 is 0.571 bits per heavy atom. The Morgan fingerprint density at radius 3 is 1.24 bits per heavy atom. The number of benzene rings is 3. The third-order valence-corrected chi connectivity index (χ3v) is 7.70. The summed E-state index contributed by atoms with van der Waals surface area (Å²) in [6.07, 6.45) is 1.81. The summed E-state index contributed by atoms with van der Waals surface area (Å²) in [6, 6.07) is 27.0. The lowest BCUT2D eigenvalue weighted by molar-refractivity contribution is -0.156. The maximum atomic E-state index is 12.6. The molecule has 3 aromatic rings. The standard InChI is InChI=1S/C36H46O6/c1-35(2,33(39)41-25-29-11-7-5-8-12-29)21-19-31(37)23-27-15-17-28(18-16-27)24-32(38)20-22-36(3,4)34(40)42-26-30-13-9-6-10-14-30/h5-18,31-32,37-38H,19-26H2,1-4H3. The minimum absolute atomic E-state index is 0.242. The van der Waals surface area contributed by atoms with Crippen LogP contribution in [0.1, 0.15) is 75.6 Å². The van der Waals surface area contributed by atoms with Gasteiger partial charge in [0.2, 0.25) is 0 Å². The van der Waals surface area contributed by atoms with Gasteiger partial charge >= 0.3 is 11.9 Å². The molecular weight excluding hydrogens is 528 g/mol. The topological polar surface area (TPSA) is 93.1 Å². The molecule has 2 atom stereocenters. The first-order valence-electron chi connectivity index (χ1n) is 14.8. The van der Waals surface area contributed by atoms with Gasteiger partial charge in [-0.15, -0.1) is 0 Å². The second kappa shape index (κ2) is 15.7. The van der Waals surface area contributed by atoms with Crippen LogP contribution in [-0.4, -0.2) is 34.4 Å². The average molecular weight is 575 g/mol. The first-order chi connectivity index (χ1) is 19.9. The van der Waals surface area contributed by atoms with E-state index in [1.807, 2.05) is 113 Å². The van der Waals surface area contributed by atoms with E-state index in [1.54, 1.807) is 0 Å². The molecule has 6 heteroatoms. The van der Waals surface area contributed by atoms with Gasteiger partial charge in [0, 0.05) is 0 Å². The maximum Gasteiger partial charge on any atom is 0.311 e. The van der Waals surface area contributed by atoms with Crippen LogP contribution in [0, 0.1) is 10.8 Å². The molecule has 0 spiro atoms. The number of ether oxygens (including phenoxy) is 2. The average Bonchev–Trinajstić information content (AvgIpc) is 2.98. The van der Waals surface area contributed by atoms with Crippen LogP contribution in [0.5, 0.6) is 0 Å². The summed E-state index contributed by atoms with van der Waals surface area (Å²) >= 11 is 0. The van der Waals surface area contributed by atoms with Gasteiger partial charge in [0.25, 0.3) is 0 Å². The van der Waals surface area contributed by atoms with Crippen molar-refractivity contribution in [2.75, 3.05) is 0 Å². The van der Waals surface area contributed by atoms with Crippen molar-refractivity contribution in [3.63, 3.8) is 0 Å². The molecule has 0 aliphatic rings. The second-order valence-electron chi connectivity index (χ2n) is 12.5. The fourth-order valence-electron chi connectivity index (χ4n) is 4.66. The molecule has 42 heavy (non-hydrogen) atoms. The molecule has 3 rings (SSSR count). The van der Waals surface area contributed by atoms with Crippen LogP contribution in [0.2, 0.25) is 0 Å². The van der Waals surface area contributed by atoms with Gasteiger partial charge in [0.1, 0.15) is 13.2 Å². The number of hydrogen-bond donors (Lipinski definition) is 2. The quantitative estimate of drug-likeness (QED) is 0.188. The molecule has 0 saturated heterocycles. The number of hydrogen-bond acceptors (Lipinski definition) is 6. The third kappa shape index (κ3) is 11.1. The van der Waals surface area contributed by atoms with E-state index in [0.717, 1.165) is 22.3 Å². The van der Waals surface area contributed by atoms with E-state index in [1.165, 1.54) is 0 Å². The summed E-state index contributed by atoms with van der Waals surface area (Å²) < 4.78 is 11.0. The minimum atomic E-state index is -0.692. The fraction of sp³-hybridized carbons (Fsp3) is 0.444. The van der Waals surface area contributed by atoms with E-state index in [-0.39, 0.29) is 25.2 Å². The second-order valence-corrected chi connectivity index (χ2v) is 12.5. The lowest BCUT2D eigenvalue weighted by Gasteiger charge is -2.24. The first-order valence-corrected chi connectivity index (χ1v) is 14.8. The first kappa shape index (κ1) is 33.0. The predicted molar refractivity (Wildman–Crippen MR) is 164 cm³/mol. The Balaban J connectivity index is 1.37. The van der Waals surface area contributed by atoms with Gasteiger partial charge < -0.3 is 19.7 Å². The van der Waals surface area contributed by atoms with Crippen LogP contribution in [0.4, 0.5) is 0 Å². The van der Waals surface area contributed by atoms with E-state index in [2.05, 4.69) is 0 Å². The highest BCUT2D eigenvalue weighted by atomic mass is 16.5. The van der Waals surface area contributed by atoms with Crippen molar-refractivity contribution in [3.8, 4) is 0 Å². The van der Waals surface area contributed by atoms with Crippen LogP contribution in [0.3, 0.4) is 0 Å². The zero-order valence-electron chi connectivity index (χ0n) is 25.4. The monoisotopic (exact) mass is 574 g/mol. The molecule has 0 radical (unpaired) electrons. The maximum absolute atomic E-state index is 12.6. The van der Waals surface area contributed by atoms with Gasteiger partial charge in [-0.2, -0.15) is 0 Å². The highest BCUT2D eigenvalue weighted by molar-refractivity contribution is 5.76. The lowest BCUT2D eigenvalue weighted by Crippen LogP contribution is -2.28. The van der Waals surface area contributed by atoms with Crippen LogP contribution in [0.15, 0.2) is 84.9 Å². The Bertz CT molecular complexity index is 1140. The van der Waals surface area contributed by atoms with E-state index < -0.39 is 23.0 Å². The molecule has 0 amide bonds. The SMILES string of the molecule is CC(C)(CCC(O)Cc1ccc(CC(O)CCC(C)(C)C(=O)OCc2ccccc2)cc1)C(=O)OCc1ccccc1. The zero-order chi connectivity index (χ0) is 30.6. The molecule has 0 saturated carbocycles. The summed E-state index contributed by atoms with van der Waals surface area (Å²) in [7, 11) is 0. The zero-order valence-corrected chi connectivity index (χ0v) is 25.4. The van der Waals surface area contributed by atoms with E-state index in [0.29, 0.717) is 38.5 Å². The molecule has 226 valence electrons. The summed E-state index contributed by atoms with van der Waals surface area (Å²) in [5, 5.41) is 21.3. The Hall–Kier alpha value is -3.48. The number of aliphatic hydroxyl groups is 2. The highest BCUT2D eigenvalue weighted by Gasteiger charge is 2.31. The van der Waals surface area contributed by atoms with Crippen molar-refractivity contribution in [2.45, 2.75) is 91.6 Å². The molecule has 0 aliphatic heterocycles. The number of carbonyl (C=O) groups excluding carboxylic acids is 2. The molecule has 0 aliphatic carbocycles. The van der Waals surface area contributed by atoms with Gasteiger partial charge in [0.05, 0.1) is 23.0 Å². The molecule has 3 aromatic carbocycles. The molecular formula is C36H46O6. The molecule has 6 nitrogen and oxygen atoms in total. The van der Waals surface area contributed by atoms with Gasteiger partial charge in [-0.25, -0.2) is 0 Å². The predicted octanol–water partition coefficient (Wildman–Crippen LogP) is 6.59. The van der Waals surface area contributed by atoms with E-state index in [4.69, 9.17) is 9.47 Å². The molecule has 0 heterocycles. The van der Waals surface area contributed by atoms with Crippen LogP contribution < -0.4 is 0 Å². The number of rotatable bonds is 16. The van der Waals surface area contributed by atoms with Gasteiger partial charge in [-0.3, -0.25) is 9.59 Å². The lowest BCUT2D eigenvalue weighted by atomic mass is 9.85. The van der Waals surface area contributed by atoms with Gasteiger partial charge in [0.15, 0.2) is 0 Å². The largest absolute Gasteiger partial charge is 0.460 e. The normalized spacial score (nSPS) is 13.3. The Labute approximate surface area is 250 Å². The smallest absolute Gasteiger partial charge is 0.311 e. The van der Waals surface area contributed by atoms with Crippen molar-refractivity contribution in [2.24, 2.45) is 10.8 Å². The molecule has 0 fully saturated rings. The van der Waals surface area contributed by atoms with Crippen LogP contribution in [-0.2, 0) is 45.1 Å². The highest BCUT2D eigenvalue weighted by Crippen LogP contribution is 2.28. The molecule has 2 N–H and O–H groups in total. The number of esters is 2. The summed E-state index contributed by atoms with van der Waals surface area (Å²) in [5.74, 6) is -0.539. The van der Waals surface area contributed by atoms with Crippen molar-refractivity contribution in [1.29, 1.82) is 0 Å². The summed E-state index contributed by atoms with van der Waals surface area (Å²) in [4.78, 5) is 25.2. The summed E-state index contributed by atoms with van der Waals surface area (Å²) in [6.45, 7) is 7.88. The number of aliphatic hydroxyl groups excluding tert-OH is 2. The molecule has 0 bridgehead atoms. The van der Waals surface area contributed by atoms with Gasteiger partial charge in [-0.1, -0.05) is 84.9 Å². The molecule has 0 aromatic heterocycles. The van der Waals surface area contributed by atoms with E-state index in [9.17, 15) is 19.8 Å². The van der Waals surface area contributed by atoms with Gasteiger partial charge in [-0.05, 0) is 88.5 Å².